The van der Waals surface area contributed by atoms with Gasteiger partial charge in [0.1, 0.15) is 6.10 Å². The van der Waals surface area contributed by atoms with E-state index < -0.39 is 6.10 Å². The number of allylic oxidation sites excluding steroid dienone is 2. The normalized spacial score (nSPS) is 15.2. The summed E-state index contributed by atoms with van der Waals surface area (Å²) >= 11 is 0. The largest absolute Gasteiger partial charge is 0.455 e. The summed E-state index contributed by atoms with van der Waals surface area (Å²) in [4.78, 5) is 26.8. The van der Waals surface area contributed by atoms with Crippen LogP contribution in [-0.2, 0) is 14.3 Å². The van der Waals surface area contributed by atoms with E-state index in [1.807, 2.05) is 51.1 Å². The van der Waals surface area contributed by atoms with Gasteiger partial charge in [0.05, 0.1) is 12.0 Å². The Labute approximate surface area is 157 Å². The van der Waals surface area contributed by atoms with Crippen molar-refractivity contribution in [2.24, 2.45) is 11.8 Å². The second-order valence-corrected chi connectivity index (χ2v) is 6.81. The summed E-state index contributed by atoms with van der Waals surface area (Å²) < 4.78 is 5.82. The van der Waals surface area contributed by atoms with Gasteiger partial charge in [-0.05, 0) is 25.3 Å². The van der Waals surface area contributed by atoms with Crippen LogP contribution >= 0.6 is 0 Å². The molecule has 0 bridgehead atoms. The van der Waals surface area contributed by atoms with Gasteiger partial charge in [0, 0.05) is 13.0 Å². The lowest BCUT2D eigenvalue weighted by Crippen LogP contribution is -2.43. The summed E-state index contributed by atoms with van der Waals surface area (Å²) in [6, 6.07) is 9.25. The molecule has 0 aliphatic heterocycles. The monoisotopic (exact) mass is 357 g/mol. The number of rotatable bonds is 10. The van der Waals surface area contributed by atoms with E-state index in [1.54, 1.807) is 24.1 Å². The van der Waals surface area contributed by atoms with E-state index in [-0.39, 0.29) is 29.8 Å². The second kappa shape index (κ2) is 10.6. The van der Waals surface area contributed by atoms with Gasteiger partial charge in [-0.15, -0.1) is 13.2 Å². The number of carbonyl (C=O) groups is 2. The van der Waals surface area contributed by atoms with Gasteiger partial charge in [0.25, 0.3) is 0 Å². The summed E-state index contributed by atoms with van der Waals surface area (Å²) in [5.74, 6) is -0.711. The molecular formula is C22H31NO3. The Morgan fingerprint density at radius 3 is 2.12 bits per heavy atom. The Hall–Kier alpha value is -2.36. The van der Waals surface area contributed by atoms with Crippen LogP contribution in [0.25, 0.3) is 0 Å². The van der Waals surface area contributed by atoms with Crippen LogP contribution in [0.2, 0.25) is 0 Å². The summed E-state index contributed by atoms with van der Waals surface area (Å²) in [7, 11) is 1.75. The number of benzene rings is 1. The van der Waals surface area contributed by atoms with E-state index in [2.05, 4.69) is 13.2 Å². The number of likely N-dealkylation sites (N-methyl/N-ethyl adjacent to an activating group) is 1. The zero-order valence-electron chi connectivity index (χ0n) is 16.4. The number of carbonyl (C=O) groups excluding carboxylic acids is 2. The maximum absolute atomic E-state index is 12.7. The smallest absolute Gasteiger partial charge is 0.309 e. The van der Waals surface area contributed by atoms with E-state index in [4.69, 9.17) is 4.74 Å². The molecule has 1 amide bonds. The zero-order valence-corrected chi connectivity index (χ0v) is 16.4. The minimum absolute atomic E-state index is 0.00789. The van der Waals surface area contributed by atoms with Crippen LogP contribution in [0, 0.1) is 11.8 Å². The van der Waals surface area contributed by atoms with Crippen molar-refractivity contribution in [3.05, 3.63) is 61.2 Å². The van der Waals surface area contributed by atoms with Gasteiger partial charge in [0.15, 0.2) is 0 Å². The quantitative estimate of drug-likeness (QED) is 0.456. The molecule has 0 saturated carbocycles. The van der Waals surface area contributed by atoms with Gasteiger partial charge in [0.2, 0.25) is 5.91 Å². The second-order valence-electron chi connectivity index (χ2n) is 6.81. The highest BCUT2D eigenvalue weighted by atomic mass is 16.5. The van der Waals surface area contributed by atoms with Crippen molar-refractivity contribution in [3.8, 4) is 0 Å². The third-order valence-electron chi connectivity index (χ3n) is 4.63. The summed E-state index contributed by atoms with van der Waals surface area (Å²) in [6.07, 6.45) is 4.09. The molecule has 0 fully saturated rings. The topological polar surface area (TPSA) is 46.6 Å². The lowest BCUT2D eigenvalue weighted by Gasteiger charge is -2.34. The van der Waals surface area contributed by atoms with Crippen molar-refractivity contribution in [1.29, 1.82) is 0 Å². The minimum atomic E-state index is -0.527. The molecule has 0 N–H and O–H groups in total. The van der Waals surface area contributed by atoms with Crippen molar-refractivity contribution >= 4 is 11.9 Å². The predicted octanol–water partition coefficient (Wildman–Crippen LogP) is 4.54. The van der Waals surface area contributed by atoms with Crippen LogP contribution < -0.4 is 0 Å². The van der Waals surface area contributed by atoms with Gasteiger partial charge in [-0.2, -0.15) is 0 Å². The summed E-state index contributed by atoms with van der Waals surface area (Å²) in [6.45, 7) is 13.0. The zero-order chi connectivity index (χ0) is 19.7. The molecule has 0 heterocycles. The standard InChI is InChI=1S/C22H31NO3/c1-7-12-16(3)21(24)23(6)18(5)20(19-14-10-9-11-15-19)26-22(25)17(4)13-8-2/h7-11,14-18,20H,1-2,12-13H2,3-6H3/t16-,17+,18-,20?/m1/s1. The first kappa shape index (κ1) is 21.7. The van der Waals surface area contributed by atoms with Crippen LogP contribution in [0.5, 0.6) is 0 Å². The van der Waals surface area contributed by atoms with Crippen LogP contribution in [0.4, 0.5) is 0 Å². The SMILES string of the molecule is C=CC[C@@H](C)C(=O)N(C)[C@H](C)C(OC(=O)[C@@H](C)CC=C)c1ccccc1. The Balaban J connectivity index is 3.04. The van der Waals surface area contributed by atoms with Crippen LogP contribution in [0.15, 0.2) is 55.6 Å². The highest BCUT2D eigenvalue weighted by Crippen LogP contribution is 2.27. The molecular weight excluding hydrogens is 326 g/mol. The predicted molar refractivity (Wildman–Crippen MR) is 105 cm³/mol. The molecule has 0 aliphatic rings. The van der Waals surface area contributed by atoms with E-state index in [0.29, 0.717) is 12.8 Å². The lowest BCUT2D eigenvalue weighted by molar-refractivity contribution is -0.159. The van der Waals surface area contributed by atoms with Crippen LogP contribution in [-0.4, -0.2) is 29.9 Å². The molecule has 0 spiro atoms. The van der Waals surface area contributed by atoms with E-state index in [1.165, 1.54) is 0 Å². The highest BCUT2D eigenvalue weighted by Gasteiger charge is 2.31. The van der Waals surface area contributed by atoms with Crippen molar-refractivity contribution < 1.29 is 14.3 Å². The third-order valence-corrected chi connectivity index (χ3v) is 4.63. The molecule has 1 aromatic carbocycles. The number of hydrogen-bond acceptors (Lipinski definition) is 3. The molecule has 4 atom stereocenters. The molecule has 0 saturated heterocycles. The van der Waals surface area contributed by atoms with Gasteiger partial charge in [-0.3, -0.25) is 9.59 Å². The minimum Gasteiger partial charge on any atom is -0.455 e. The summed E-state index contributed by atoms with van der Waals surface area (Å²) in [5, 5.41) is 0. The maximum atomic E-state index is 12.7. The average molecular weight is 357 g/mol. The molecule has 1 unspecified atom stereocenters. The van der Waals surface area contributed by atoms with Crippen LogP contribution in [0.3, 0.4) is 0 Å². The molecule has 0 aromatic heterocycles. The summed E-state index contributed by atoms with van der Waals surface area (Å²) in [5.41, 5.74) is 0.871. The number of esters is 1. The number of hydrogen-bond donors (Lipinski definition) is 0. The molecule has 26 heavy (non-hydrogen) atoms. The number of ether oxygens (including phenoxy) is 1. The van der Waals surface area contributed by atoms with Crippen molar-refractivity contribution in [2.45, 2.75) is 45.8 Å². The van der Waals surface area contributed by atoms with Crippen LogP contribution in [0.1, 0.15) is 45.3 Å². The van der Waals surface area contributed by atoms with E-state index in [9.17, 15) is 9.59 Å². The Morgan fingerprint density at radius 1 is 1.04 bits per heavy atom. The van der Waals surface area contributed by atoms with Crippen molar-refractivity contribution in [2.75, 3.05) is 7.05 Å². The maximum Gasteiger partial charge on any atom is 0.309 e. The van der Waals surface area contributed by atoms with Gasteiger partial charge < -0.3 is 9.64 Å². The first-order valence-electron chi connectivity index (χ1n) is 9.07. The third kappa shape index (κ3) is 5.87. The molecule has 4 nitrogen and oxygen atoms in total. The van der Waals surface area contributed by atoms with E-state index in [0.717, 1.165) is 5.56 Å². The molecule has 1 aromatic rings. The number of nitrogens with zero attached hydrogens (tertiary/aromatic N) is 1. The first-order chi connectivity index (χ1) is 12.3. The lowest BCUT2D eigenvalue weighted by atomic mass is 9.99. The molecule has 1 rings (SSSR count). The Morgan fingerprint density at radius 2 is 1.58 bits per heavy atom. The molecule has 4 heteroatoms. The highest BCUT2D eigenvalue weighted by molar-refractivity contribution is 5.79. The van der Waals surface area contributed by atoms with Crippen molar-refractivity contribution in [1.82, 2.24) is 4.90 Å². The fraction of sp³-hybridized carbons (Fsp3) is 0.455. The Bertz CT molecular complexity index is 611. The van der Waals surface area contributed by atoms with E-state index >= 15 is 0 Å². The van der Waals surface area contributed by atoms with Gasteiger partial charge in [-0.1, -0.05) is 56.3 Å². The fourth-order valence-electron chi connectivity index (χ4n) is 2.78. The Kier molecular flexibility index (Phi) is 8.83. The first-order valence-corrected chi connectivity index (χ1v) is 9.07. The van der Waals surface area contributed by atoms with Gasteiger partial charge in [-0.25, -0.2) is 0 Å². The molecule has 0 aliphatic carbocycles. The van der Waals surface area contributed by atoms with Gasteiger partial charge >= 0.3 is 5.97 Å². The molecule has 142 valence electrons. The average Bonchev–Trinajstić information content (AvgIpc) is 2.65. The molecule has 0 radical (unpaired) electrons. The van der Waals surface area contributed by atoms with Crippen molar-refractivity contribution in [3.63, 3.8) is 0 Å². The number of amides is 1. The fourth-order valence-corrected chi connectivity index (χ4v) is 2.78.